The van der Waals surface area contributed by atoms with Crippen LogP contribution in [0.4, 0.5) is 0 Å². The van der Waals surface area contributed by atoms with E-state index >= 15 is 0 Å². The van der Waals surface area contributed by atoms with E-state index in [1.54, 1.807) is 11.3 Å². The van der Waals surface area contributed by atoms with Crippen LogP contribution in [-0.2, 0) is 24.8 Å². The molecular weight excluding hydrogens is 344 g/mol. The number of Topliss-reactive ketones (excluding diaryl/α,β-unsaturated/α-hetero) is 1. The Bertz CT molecular complexity index is 1120. The summed E-state index contributed by atoms with van der Waals surface area (Å²) in [4.78, 5) is 11.9. The van der Waals surface area contributed by atoms with Crippen LogP contribution in [0.2, 0.25) is 0 Å². The fourth-order valence-electron chi connectivity index (χ4n) is 3.36. The van der Waals surface area contributed by atoms with E-state index in [1.807, 2.05) is 35.9 Å². The van der Waals surface area contributed by atoms with Crippen LogP contribution in [0, 0.1) is 0 Å². The lowest BCUT2D eigenvalue weighted by Crippen LogP contribution is -2.41. The average Bonchev–Trinajstić information content (AvgIpc) is 3.01. The molecule has 0 amide bonds. The second kappa shape index (κ2) is 6.94. The van der Waals surface area contributed by atoms with Crippen molar-refractivity contribution in [3.63, 3.8) is 0 Å². The summed E-state index contributed by atoms with van der Waals surface area (Å²) in [5.74, 6) is -0.177. The molecule has 0 saturated heterocycles. The fraction of sp³-hybridized carbons (Fsp3) is 0.190. The van der Waals surface area contributed by atoms with Gasteiger partial charge >= 0.3 is 0 Å². The van der Waals surface area contributed by atoms with Gasteiger partial charge in [0, 0.05) is 18.2 Å². The molecule has 0 fully saturated rings. The van der Waals surface area contributed by atoms with Crippen molar-refractivity contribution in [1.82, 2.24) is 0 Å². The Morgan fingerprint density at radius 2 is 1.77 bits per heavy atom. The number of hydrogen-bond donors (Lipinski definition) is 1. The highest BCUT2D eigenvalue weighted by molar-refractivity contribution is 7.18. The zero-order chi connectivity index (χ0) is 18.1. The van der Waals surface area contributed by atoms with Crippen LogP contribution in [0.25, 0.3) is 21.1 Å². The third kappa shape index (κ3) is 3.00. The van der Waals surface area contributed by atoms with Gasteiger partial charge in [-0.1, -0.05) is 35.6 Å². The lowest BCUT2D eigenvalue weighted by atomic mass is 10.1. The zero-order valence-electron chi connectivity index (χ0n) is 14.6. The second-order valence-corrected chi connectivity index (χ2v) is 7.51. The van der Waals surface area contributed by atoms with Crippen molar-refractivity contribution in [1.29, 1.82) is 0 Å². The Kier molecular flexibility index (Phi) is 4.49. The summed E-state index contributed by atoms with van der Waals surface area (Å²) < 4.78 is 5.31. The first kappa shape index (κ1) is 16.8. The first-order valence-electron chi connectivity index (χ1n) is 8.56. The average molecular weight is 364 g/mol. The van der Waals surface area contributed by atoms with Crippen molar-refractivity contribution in [2.24, 2.45) is 7.05 Å². The summed E-state index contributed by atoms with van der Waals surface area (Å²) in [6.07, 6.45) is 2.83. The molecule has 4 aromatic rings. The predicted molar refractivity (Wildman–Crippen MR) is 102 cm³/mol. The molecule has 0 saturated carbocycles. The summed E-state index contributed by atoms with van der Waals surface area (Å²) >= 11 is 1.71. The van der Waals surface area contributed by atoms with E-state index in [2.05, 4.69) is 41.1 Å². The number of para-hydroxylation sites is 2. The number of fused-ring (bicyclic) bond motifs is 2. The van der Waals surface area contributed by atoms with Gasteiger partial charge in [0.15, 0.2) is 6.20 Å². The monoisotopic (exact) mass is 364 g/mol. The highest BCUT2D eigenvalue weighted by Gasteiger charge is 2.24. The molecule has 2 heterocycles. The number of carbonyl (C=O) groups excluding carboxylic acids is 1. The Morgan fingerprint density at radius 3 is 2.58 bits per heavy atom. The maximum absolute atomic E-state index is 11.9. The molecule has 0 unspecified atom stereocenters. The Labute approximate surface area is 155 Å². The smallest absolute Gasteiger partial charge is 0.243 e. The van der Waals surface area contributed by atoms with Crippen molar-refractivity contribution >= 4 is 38.2 Å². The van der Waals surface area contributed by atoms with Crippen molar-refractivity contribution in [3.8, 4) is 0 Å². The Morgan fingerprint density at radius 1 is 1.04 bits per heavy atom. The summed E-state index contributed by atoms with van der Waals surface area (Å²) in [6.45, 7) is -0.227. The molecule has 130 valence electrons. The number of aromatic nitrogens is 2. The van der Waals surface area contributed by atoms with Crippen LogP contribution < -0.4 is 9.13 Å². The van der Waals surface area contributed by atoms with E-state index in [-0.39, 0.29) is 12.3 Å². The number of ketones is 1. The molecule has 0 aliphatic rings. The van der Waals surface area contributed by atoms with Crippen molar-refractivity contribution < 1.29 is 19.0 Å². The van der Waals surface area contributed by atoms with Crippen LogP contribution in [0.3, 0.4) is 0 Å². The SMILES string of the molecule is C[n+]1ccc(Cc2sc3ccccc3[n+]2CC(=O)CO)c2ccccc21. The highest BCUT2D eigenvalue weighted by atomic mass is 32.1. The quantitative estimate of drug-likeness (QED) is 0.553. The van der Waals surface area contributed by atoms with Gasteiger partial charge in [0.25, 0.3) is 0 Å². The minimum absolute atomic E-state index is 0.177. The molecule has 0 aliphatic carbocycles. The van der Waals surface area contributed by atoms with E-state index in [9.17, 15) is 9.90 Å². The Hall–Kier alpha value is -2.63. The lowest BCUT2D eigenvalue weighted by Gasteiger charge is -2.03. The molecule has 0 bridgehead atoms. The minimum Gasteiger partial charge on any atom is -0.388 e. The molecule has 2 aromatic carbocycles. The molecule has 4 nitrogen and oxygen atoms in total. The van der Waals surface area contributed by atoms with Gasteiger partial charge in [0.05, 0.1) is 11.8 Å². The first-order chi connectivity index (χ1) is 12.7. The summed E-state index contributed by atoms with van der Waals surface area (Å²) in [7, 11) is 2.05. The van der Waals surface area contributed by atoms with E-state index in [0.29, 0.717) is 0 Å². The number of benzene rings is 2. The topological polar surface area (TPSA) is 45.1 Å². The molecule has 2 aromatic heterocycles. The third-order valence-corrected chi connectivity index (χ3v) is 5.83. The number of aliphatic hydroxyl groups is 1. The van der Waals surface area contributed by atoms with Crippen LogP contribution in [0.1, 0.15) is 10.6 Å². The third-order valence-electron chi connectivity index (χ3n) is 4.67. The maximum atomic E-state index is 11.9. The van der Waals surface area contributed by atoms with E-state index < -0.39 is 6.61 Å². The fourth-order valence-corrected chi connectivity index (χ4v) is 4.54. The molecule has 0 radical (unpaired) electrons. The molecule has 0 aliphatic heterocycles. The van der Waals surface area contributed by atoms with Gasteiger partial charge in [0.2, 0.25) is 28.4 Å². The zero-order valence-corrected chi connectivity index (χ0v) is 15.4. The number of thiazole rings is 1. The normalized spacial score (nSPS) is 11.3. The summed E-state index contributed by atoms with van der Waals surface area (Å²) in [5, 5.41) is 11.5. The second-order valence-electron chi connectivity index (χ2n) is 6.39. The Balaban J connectivity index is 1.84. The standard InChI is InChI=1S/C21H20N2O2S/c1-22-11-10-15(17-6-2-3-7-18(17)22)12-21-23(13-16(25)14-24)19-8-4-5-9-20(19)26-21/h2-11,24H,12-14H2,1H3/q+2. The van der Waals surface area contributed by atoms with Crippen LogP contribution in [0.15, 0.2) is 60.8 Å². The summed E-state index contributed by atoms with van der Waals surface area (Å²) in [5.41, 5.74) is 3.46. The molecule has 0 spiro atoms. The van der Waals surface area contributed by atoms with Crippen LogP contribution in [-0.4, -0.2) is 17.5 Å². The number of hydrogen-bond acceptors (Lipinski definition) is 3. The maximum Gasteiger partial charge on any atom is 0.243 e. The number of aryl methyl sites for hydroxylation is 1. The molecular formula is C21H20N2O2S+2. The van der Waals surface area contributed by atoms with Gasteiger partial charge in [0.1, 0.15) is 18.4 Å². The highest BCUT2D eigenvalue weighted by Crippen LogP contribution is 2.24. The molecule has 1 N–H and O–H groups in total. The van der Waals surface area contributed by atoms with Gasteiger partial charge in [-0.15, -0.1) is 0 Å². The number of rotatable bonds is 5. The van der Waals surface area contributed by atoms with Crippen LogP contribution >= 0.6 is 11.3 Å². The number of aliphatic hydroxyl groups excluding tert-OH is 1. The van der Waals surface area contributed by atoms with Gasteiger partial charge in [-0.2, -0.15) is 4.57 Å². The lowest BCUT2D eigenvalue weighted by molar-refractivity contribution is -0.661. The van der Waals surface area contributed by atoms with Crippen molar-refractivity contribution in [2.75, 3.05) is 6.61 Å². The van der Waals surface area contributed by atoms with E-state index in [0.717, 1.165) is 21.6 Å². The molecule has 26 heavy (non-hydrogen) atoms. The van der Waals surface area contributed by atoms with E-state index in [1.165, 1.54) is 16.5 Å². The van der Waals surface area contributed by atoms with Gasteiger partial charge < -0.3 is 5.11 Å². The number of carbonyl (C=O) groups is 1. The van der Waals surface area contributed by atoms with Gasteiger partial charge in [-0.25, -0.2) is 4.57 Å². The predicted octanol–water partition coefficient (Wildman–Crippen LogP) is 2.32. The van der Waals surface area contributed by atoms with Gasteiger partial charge in [-0.3, -0.25) is 4.79 Å². The molecule has 0 atom stereocenters. The van der Waals surface area contributed by atoms with Crippen molar-refractivity contribution in [3.05, 3.63) is 71.4 Å². The van der Waals surface area contributed by atoms with Crippen LogP contribution in [0.5, 0.6) is 0 Å². The number of nitrogens with zero attached hydrogens (tertiary/aromatic N) is 2. The largest absolute Gasteiger partial charge is 0.388 e. The summed E-state index contributed by atoms with van der Waals surface area (Å²) in [6, 6.07) is 18.6. The minimum atomic E-state index is -0.430. The van der Waals surface area contributed by atoms with Gasteiger partial charge in [-0.05, 0) is 17.7 Å². The first-order valence-corrected chi connectivity index (χ1v) is 9.38. The van der Waals surface area contributed by atoms with E-state index in [4.69, 9.17) is 0 Å². The van der Waals surface area contributed by atoms with Crippen molar-refractivity contribution in [2.45, 2.75) is 13.0 Å². The number of pyridine rings is 1. The molecule has 5 heteroatoms. The molecule has 4 rings (SSSR count).